The molecule has 1 aromatic carbocycles. The van der Waals surface area contributed by atoms with Crippen molar-refractivity contribution in [2.45, 2.75) is 19.8 Å². The molecule has 1 fully saturated rings. The summed E-state index contributed by atoms with van der Waals surface area (Å²) in [5.74, 6) is 0.973. The molecule has 0 saturated heterocycles. The highest BCUT2D eigenvalue weighted by molar-refractivity contribution is 6.30. The van der Waals surface area contributed by atoms with E-state index in [0.717, 1.165) is 36.3 Å². The van der Waals surface area contributed by atoms with Crippen molar-refractivity contribution >= 4 is 17.3 Å². The summed E-state index contributed by atoms with van der Waals surface area (Å²) in [5, 5.41) is 4.21. The van der Waals surface area contributed by atoms with Crippen molar-refractivity contribution in [2.24, 2.45) is 5.92 Å². The largest absolute Gasteiger partial charge is 0.384 e. The summed E-state index contributed by atoms with van der Waals surface area (Å²) >= 11 is 5.94. The molecular formula is C14H21ClN2. The maximum atomic E-state index is 5.94. The van der Waals surface area contributed by atoms with Crippen molar-refractivity contribution in [3.8, 4) is 0 Å². The standard InChI is InChI=1S/C14H21ClN2/c1-2-17(11-12-6-7-12)9-8-16-14-5-3-4-13(15)10-14/h3-5,10,12,16H,2,6-9,11H2,1H3. The molecule has 0 aromatic heterocycles. The lowest BCUT2D eigenvalue weighted by atomic mass is 10.3. The molecule has 2 nitrogen and oxygen atoms in total. The van der Waals surface area contributed by atoms with Crippen LogP contribution >= 0.6 is 11.6 Å². The van der Waals surface area contributed by atoms with E-state index < -0.39 is 0 Å². The fourth-order valence-electron chi connectivity index (χ4n) is 2.00. The van der Waals surface area contributed by atoms with E-state index >= 15 is 0 Å². The highest BCUT2D eigenvalue weighted by Crippen LogP contribution is 2.29. The fraction of sp³-hybridized carbons (Fsp3) is 0.571. The van der Waals surface area contributed by atoms with Crippen LogP contribution in [0, 0.1) is 5.92 Å². The number of nitrogens with zero attached hydrogens (tertiary/aromatic N) is 1. The Bertz CT molecular complexity index is 350. The van der Waals surface area contributed by atoms with Crippen molar-refractivity contribution in [3.63, 3.8) is 0 Å². The van der Waals surface area contributed by atoms with Gasteiger partial charge in [0.1, 0.15) is 0 Å². The van der Waals surface area contributed by atoms with E-state index in [9.17, 15) is 0 Å². The van der Waals surface area contributed by atoms with Crippen molar-refractivity contribution < 1.29 is 0 Å². The monoisotopic (exact) mass is 252 g/mol. The van der Waals surface area contributed by atoms with Gasteiger partial charge in [0.15, 0.2) is 0 Å². The van der Waals surface area contributed by atoms with Gasteiger partial charge in [-0.05, 0) is 43.5 Å². The second-order valence-electron chi connectivity index (χ2n) is 4.77. The molecule has 3 heteroatoms. The molecule has 1 aliphatic carbocycles. The van der Waals surface area contributed by atoms with E-state index in [1.165, 1.54) is 19.4 Å². The normalized spacial score (nSPS) is 15.2. The third-order valence-electron chi connectivity index (χ3n) is 3.24. The Morgan fingerprint density at radius 1 is 1.41 bits per heavy atom. The zero-order valence-electron chi connectivity index (χ0n) is 10.5. The van der Waals surface area contributed by atoms with Gasteiger partial charge in [0.2, 0.25) is 0 Å². The van der Waals surface area contributed by atoms with E-state index in [1.807, 2.05) is 18.2 Å². The summed E-state index contributed by atoms with van der Waals surface area (Å²) in [7, 11) is 0. The van der Waals surface area contributed by atoms with E-state index in [4.69, 9.17) is 11.6 Å². The Kier molecular flexibility index (Phi) is 4.69. The number of hydrogen-bond acceptors (Lipinski definition) is 2. The maximum Gasteiger partial charge on any atom is 0.0426 e. The van der Waals surface area contributed by atoms with Crippen LogP contribution in [0.25, 0.3) is 0 Å². The average molecular weight is 253 g/mol. The van der Waals surface area contributed by atoms with E-state index in [2.05, 4.69) is 23.2 Å². The number of nitrogens with one attached hydrogen (secondary N) is 1. The number of anilines is 1. The van der Waals surface area contributed by atoms with Gasteiger partial charge in [-0.15, -0.1) is 0 Å². The van der Waals surface area contributed by atoms with Crippen LogP contribution in [0.1, 0.15) is 19.8 Å². The minimum atomic E-state index is 0.792. The number of likely N-dealkylation sites (N-methyl/N-ethyl adjacent to an activating group) is 1. The molecule has 1 aliphatic rings. The van der Waals surface area contributed by atoms with Crippen molar-refractivity contribution in [3.05, 3.63) is 29.3 Å². The van der Waals surface area contributed by atoms with Crippen LogP contribution in [0.4, 0.5) is 5.69 Å². The van der Waals surface area contributed by atoms with Gasteiger partial charge in [0, 0.05) is 30.3 Å². The van der Waals surface area contributed by atoms with Gasteiger partial charge >= 0.3 is 0 Å². The molecular weight excluding hydrogens is 232 g/mol. The van der Waals surface area contributed by atoms with E-state index in [0.29, 0.717) is 0 Å². The molecule has 0 spiro atoms. The van der Waals surface area contributed by atoms with Crippen LogP contribution in [0.2, 0.25) is 5.02 Å². The fourth-order valence-corrected chi connectivity index (χ4v) is 2.19. The quantitative estimate of drug-likeness (QED) is 0.799. The molecule has 1 aromatic rings. The molecule has 0 unspecified atom stereocenters. The average Bonchev–Trinajstić information content (AvgIpc) is 3.12. The van der Waals surface area contributed by atoms with Crippen LogP contribution in [0.5, 0.6) is 0 Å². The number of hydrogen-bond donors (Lipinski definition) is 1. The zero-order valence-corrected chi connectivity index (χ0v) is 11.2. The second-order valence-corrected chi connectivity index (χ2v) is 5.21. The van der Waals surface area contributed by atoms with Crippen LogP contribution in [0.15, 0.2) is 24.3 Å². The van der Waals surface area contributed by atoms with Gasteiger partial charge in [0.25, 0.3) is 0 Å². The minimum absolute atomic E-state index is 0.792. The first-order valence-corrected chi connectivity index (χ1v) is 6.87. The molecule has 1 N–H and O–H groups in total. The topological polar surface area (TPSA) is 15.3 Å². The number of benzene rings is 1. The Morgan fingerprint density at radius 2 is 2.24 bits per heavy atom. The Hall–Kier alpha value is -0.730. The lowest BCUT2D eigenvalue weighted by Gasteiger charge is -2.20. The van der Waals surface area contributed by atoms with Gasteiger partial charge in [-0.25, -0.2) is 0 Å². The lowest BCUT2D eigenvalue weighted by molar-refractivity contribution is 0.287. The van der Waals surface area contributed by atoms with Crippen LogP contribution in [-0.2, 0) is 0 Å². The molecule has 94 valence electrons. The van der Waals surface area contributed by atoms with E-state index in [1.54, 1.807) is 0 Å². The Balaban J connectivity index is 1.70. The summed E-state index contributed by atoms with van der Waals surface area (Å²) in [6.45, 7) is 6.75. The number of rotatable bonds is 7. The Morgan fingerprint density at radius 3 is 2.88 bits per heavy atom. The van der Waals surface area contributed by atoms with Crippen molar-refractivity contribution in [2.75, 3.05) is 31.5 Å². The van der Waals surface area contributed by atoms with E-state index in [-0.39, 0.29) is 0 Å². The van der Waals surface area contributed by atoms with Crippen LogP contribution in [-0.4, -0.2) is 31.1 Å². The van der Waals surface area contributed by atoms with Crippen molar-refractivity contribution in [1.29, 1.82) is 0 Å². The molecule has 0 atom stereocenters. The van der Waals surface area contributed by atoms with Gasteiger partial charge in [-0.2, -0.15) is 0 Å². The Labute approximate surface area is 109 Å². The molecule has 1 saturated carbocycles. The SMILES string of the molecule is CCN(CCNc1cccc(Cl)c1)CC1CC1. The summed E-state index contributed by atoms with van der Waals surface area (Å²) < 4.78 is 0. The first-order valence-electron chi connectivity index (χ1n) is 6.49. The second kappa shape index (κ2) is 6.27. The molecule has 0 aliphatic heterocycles. The maximum absolute atomic E-state index is 5.94. The highest BCUT2D eigenvalue weighted by Gasteiger charge is 2.23. The van der Waals surface area contributed by atoms with Gasteiger partial charge in [-0.3, -0.25) is 0 Å². The predicted octanol–water partition coefficient (Wildman–Crippen LogP) is 3.48. The summed E-state index contributed by atoms with van der Waals surface area (Å²) in [5.41, 5.74) is 1.11. The molecule has 0 bridgehead atoms. The van der Waals surface area contributed by atoms with Crippen LogP contribution < -0.4 is 5.32 Å². The third-order valence-corrected chi connectivity index (χ3v) is 3.48. The molecule has 0 amide bonds. The van der Waals surface area contributed by atoms with Gasteiger partial charge in [0.05, 0.1) is 0 Å². The summed E-state index contributed by atoms with van der Waals surface area (Å²) in [4.78, 5) is 2.52. The van der Waals surface area contributed by atoms with Crippen LogP contribution in [0.3, 0.4) is 0 Å². The first-order chi connectivity index (χ1) is 8.28. The third kappa shape index (κ3) is 4.57. The molecule has 0 heterocycles. The minimum Gasteiger partial charge on any atom is -0.384 e. The number of halogens is 1. The summed E-state index contributed by atoms with van der Waals surface area (Å²) in [6, 6.07) is 7.91. The lowest BCUT2D eigenvalue weighted by Crippen LogP contribution is -2.30. The smallest absolute Gasteiger partial charge is 0.0426 e. The zero-order chi connectivity index (χ0) is 12.1. The predicted molar refractivity (Wildman–Crippen MR) is 74.8 cm³/mol. The molecule has 17 heavy (non-hydrogen) atoms. The summed E-state index contributed by atoms with van der Waals surface area (Å²) in [6.07, 6.45) is 2.86. The molecule has 0 radical (unpaired) electrons. The first kappa shape index (κ1) is 12.7. The van der Waals surface area contributed by atoms with Crippen molar-refractivity contribution in [1.82, 2.24) is 4.90 Å². The molecule has 2 rings (SSSR count). The highest BCUT2D eigenvalue weighted by atomic mass is 35.5. The van der Waals surface area contributed by atoms with Gasteiger partial charge in [-0.1, -0.05) is 24.6 Å². The van der Waals surface area contributed by atoms with Gasteiger partial charge < -0.3 is 10.2 Å².